The van der Waals surface area contributed by atoms with Gasteiger partial charge in [0.25, 0.3) is 0 Å². The van der Waals surface area contributed by atoms with E-state index in [0.717, 1.165) is 19.3 Å². The predicted molar refractivity (Wildman–Crippen MR) is 80.3 cm³/mol. The number of ether oxygens (including phenoxy) is 1. The Morgan fingerprint density at radius 2 is 2.00 bits per heavy atom. The van der Waals surface area contributed by atoms with Crippen LogP contribution in [0.3, 0.4) is 0 Å². The number of aliphatic carboxylic acids is 1. The number of nitrogens with one attached hydrogen (secondary N) is 1. The lowest BCUT2D eigenvalue weighted by atomic mass is 9.83. The van der Waals surface area contributed by atoms with Crippen molar-refractivity contribution < 1.29 is 19.4 Å². The lowest BCUT2D eigenvalue weighted by Gasteiger charge is -2.32. The summed E-state index contributed by atoms with van der Waals surface area (Å²) in [5.74, 6) is -0.492. The molecule has 0 aromatic heterocycles. The van der Waals surface area contributed by atoms with E-state index >= 15 is 0 Å². The molecule has 2 amide bonds. The molecule has 1 aliphatic rings. The Morgan fingerprint density at radius 3 is 2.52 bits per heavy atom. The Hall–Kier alpha value is -1.30. The second-order valence-corrected chi connectivity index (χ2v) is 5.67. The van der Waals surface area contributed by atoms with Crippen LogP contribution in [0.1, 0.15) is 45.4 Å². The molecule has 0 saturated heterocycles. The molecule has 1 saturated carbocycles. The van der Waals surface area contributed by atoms with E-state index in [1.807, 2.05) is 0 Å². The Morgan fingerprint density at radius 1 is 1.33 bits per heavy atom. The van der Waals surface area contributed by atoms with Gasteiger partial charge in [0.05, 0.1) is 6.61 Å². The third-order valence-corrected chi connectivity index (χ3v) is 4.15. The van der Waals surface area contributed by atoms with Gasteiger partial charge in [-0.25, -0.2) is 4.79 Å². The summed E-state index contributed by atoms with van der Waals surface area (Å²) >= 11 is 0. The first-order valence-electron chi connectivity index (χ1n) is 7.84. The standard InChI is InChI=1S/C15H28N2O4/c1-3-13(12-7-5-4-6-8-12)16-15(20)17(9-10-21-2)11-14(18)19/h12-13H,3-11H2,1-2H3,(H,16,20)(H,18,19). The van der Waals surface area contributed by atoms with Crippen molar-refractivity contribution in [3.05, 3.63) is 0 Å². The minimum atomic E-state index is -1.01. The van der Waals surface area contributed by atoms with Crippen LogP contribution in [0, 0.1) is 5.92 Å². The largest absolute Gasteiger partial charge is 0.480 e. The van der Waals surface area contributed by atoms with E-state index in [-0.39, 0.29) is 25.2 Å². The normalized spacial score (nSPS) is 17.2. The lowest BCUT2D eigenvalue weighted by molar-refractivity contribution is -0.137. The number of carboxylic acid groups (broad SMARTS) is 1. The maximum atomic E-state index is 12.3. The third kappa shape index (κ3) is 6.33. The van der Waals surface area contributed by atoms with Crippen molar-refractivity contribution in [2.24, 2.45) is 5.92 Å². The van der Waals surface area contributed by atoms with Gasteiger partial charge in [0.2, 0.25) is 0 Å². The Labute approximate surface area is 126 Å². The van der Waals surface area contributed by atoms with Crippen molar-refractivity contribution in [1.29, 1.82) is 0 Å². The van der Waals surface area contributed by atoms with Crippen LogP contribution in [-0.2, 0) is 9.53 Å². The highest BCUT2D eigenvalue weighted by atomic mass is 16.5. The number of hydrogen-bond donors (Lipinski definition) is 2. The SMILES string of the molecule is CCC(NC(=O)N(CCOC)CC(=O)O)C1CCCCC1. The van der Waals surface area contributed by atoms with Gasteiger partial charge in [-0.15, -0.1) is 0 Å². The van der Waals surface area contributed by atoms with Crippen LogP contribution in [-0.4, -0.2) is 54.9 Å². The highest BCUT2D eigenvalue weighted by Crippen LogP contribution is 2.27. The first-order valence-corrected chi connectivity index (χ1v) is 7.84. The molecule has 21 heavy (non-hydrogen) atoms. The van der Waals surface area contributed by atoms with Gasteiger partial charge in [-0.1, -0.05) is 26.2 Å². The van der Waals surface area contributed by atoms with Crippen LogP contribution in [0.25, 0.3) is 0 Å². The Kier molecular flexibility index (Phi) is 8.12. The fraction of sp³-hybridized carbons (Fsp3) is 0.867. The van der Waals surface area contributed by atoms with Crippen molar-refractivity contribution >= 4 is 12.0 Å². The quantitative estimate of drug-likeness (QED) is 0.719. The van der Waals surface area contributed by atoms with Crippen LogP contribution in [0.4, 0.5) is 4.79 Å². The minimum Gasteiger partial charge on any atom is -0.480 e. The molecule has 2 N–H and O–H groups in total. The molecular weight excluding hydrogens is 272 g/mol. The van der Waals surface area contributed by atoms with Gasteiger partial charge in [0.15, 0.2) is 0 Å². The lowest BCUT2D eigenvalue weighted by Crippen LogP contribution is -2.50. The van der Waals surface area contributed by atoms with Gasteiger partial charge in [-0.05, 0) is 25.2 Å². The van der Waals surface area contributed by atoms with Crippen LogP contribution >= 0.6 is 0 Å². The van der Waals surface area contributed by atoms with Gasteiger partial charge < -0.3 is 20.1 Å². The zero-order chi connectivity index (χ0) is 15.7. The van der Waals surface area contributed by atoms with E-state index in [4.69, 9.17) is 9.84 Å². The van der Waals surface area contributed by atoms with Gasteiger partial charge in [0, 0.05) is 19.7 Å². The van der Waals surface area contributed by atoms with Crippen molar-refractivity contribution in [3.63, 3.8) is 0 Å². The molecule has 6 heteroatoms. The number of hydrogen-bond acceptors (Lipinski definition) is 3. The molecule has 1 atom stereocenters. The number of methoxy groups -OCH3 is 1. The third-order valence-electron chi connectivity index (χ3n) is 4.15. The Bertz CT molecular complexity index is 330. The molecule has 0 bridgehead atoms. The van der Waals surface area contributed by atoms with Crippen molar-refractivity contribution in [2.45, 2.75) is 51.5 Å². The summed E-state index contributed by atoms with van der Waals surface area (Å²) in [5.41, 5.74) is 0. The molecule has 6 nitrogen and oxygen atoms in total. The van der Waals surface area contributed by atoms with Crippen LogP contribution in [0.5, 0.6) is 0 Å². The number of rotatable bonds is 8. The minimum absolute atomic E-state index is 0.136. The number of amides is 2. The second-order valence-electron chi connectivity index (χ2n) is 5.67. The van der Waals surface area contributed by atoms with Crippen molar-refractivity contribution in [1.82, 2.24) is 10.2 Å². The van der Waals surface area contributed by atoms with Gasteiger partial charge >= 0.3 is 12.0 Å². The second kappa shape index (κ2) is 9.60. The van der Waals surface area contributed by atoms with Crippen LogP contribution in [0.2, 0.25) is 0 Å². The maximum absolute atomic E-state index is 12.3. The molecule has 0 spiro atoms. The Balaban J connectivity index is 2.57. The highest BCUT2D eigenvalue weighted by molar-refractivity contribution is 5.80. The zero-order valence-electron chi connectivity index (χ0n) is 13.1. The summed E-state index contributed by atoms with van der Waals surface area (Å²) < 4.78 is 4.94. The predicted octanol–water partition coefficient (Wildman–Crippen LogP) is 2.09. The summed E-state index contributed by atoms with van der Waals surface area (Å²) in [5, 5.41) is 11.9. The summed E-state index contributed by atoms with van der Waals surface area (Å²) in [7, 11) is 1.54. The summed E-state index contributed by atoms with van der Waals surface area (Å²) in [6, 6.07) is -0.163. The molecule has 1 aliphatic carbocycles. The van der Waals surface area contributed by atoms with Gasteiger partial charge in [-0.2, -0.15) is 0 Å². The molecule has 0 radical (unpaired) electrons. The van der Waals surface area contributed by atoms with E-state index in [2.05, 4.69) is 12.2 Å². The number of carbonyl (C=O) groups excluding carboxylic acids is 1. The average molecular weight is 300 g/mol. The molecule has 122 valence electrons. The molecule has 0 aliphatic heterocycles. The van der Waals surface area contributed by atoms with Crippen LogP contribution < -0.4 is 5.32 Å². The van der Waals surface area contributed by atoms with E-state index < -0.39 is 5.97 Å². The fourth-order valence-corrected chi connectivity index (χ4v) is 2.96. The van der Waals surface area contributed by atoms with Crippen LogP contribution in [0.15, 0.2) is 0 Å². The van der Waals surface area contributed by atoms with Gasteiger partial charge in [0.1, 0.15) is 6.54 Å². The molecule has 0 aromatic rings. The summed E-state index contributed by atoms with van der Waals surface area (Å²) in [6.07, 6.45) is 6.89. The van der Waals surface area contributed by atoms with E-state index in [1.165, 1.54) is 31.3 Å². The number of carboxylic acids is 1. The topological polar surface area (TPSA) is 78.9 Å². The van der Waals surface area contributed by atoms with E-state index in [9.17, 15) is 9.59 Å². The molecule has 0 heterocycles. The molecule has 0 aromatic carbocycles. The molecular formula is C15H28N2O4. The number of urea groups is 1. The summed E-state index contributed by atoms with van der Waals surface area (Å²) in [6.45, 7) is 2.39. The van der Waals surface area contributed by atoms with E-state index in [0.29, 0.717) is 12.5 Å². The maximum Gasteiger partial charge on any atom is 0.323 e. The van der Waals surface area contributed by atoms with Crippen molar-refractivity contribution in [2.75, 3.05) is 26.8 Å². The molecule has 1 rings (SSSR count). The first-order chi connectivity index (χ1) is 10.1. The highest BCUT2D eigenvalue weighted by Gasteiger charge is 2.26. The van der Waals surface area contributed by atoms with E-state index in [1.54, 1.807) is 0 Å². The molecule has 1 fully saturated rings. The van der Waals surface area contributed by atoms with Crippen molar-refractivity contribution in [3.8, 4) is 0 Å². The average Bonchev–Trinajstić information content (AvgIpc) is 2.49. The monoisotopic (exact) mass is 300 g/mol. The smallest absolute Gasteiger partial charge is 0.323 e. The number of carbonyl (C=O) groups is 2. The molecule has 1 unspecified atom stereocenters. The van der Waals surface area contributed by atoms with Gasteiger partial charge in [-0.3, -0.25) is 4.79 Å². The zero-order valence-corrected chi connectivity index (χ0v) is 13.1. The summed E-state index contributed by atoms with van der Waals surface area (Å²) in [4.78, 5) is 24.5. The number of nitrogens with zero attached hydrogens (tertiary/aromatic N) is 1. The first kappa shape index (κ1) is 17.8. The fourth-order valence-electron chi connectivity index (χ4n) is 2.96.